The summed E-state index contributed by atoms with van der Waals surface area (Å²) in [5, 5.41) is 2.38. The Morgan fingerprint density at radius 1 is 1.29 bits per heavy atom. The highest BCUT2D eigenvalue weighted by atomic mass is 79.9. The number of ether oxygens (including phenoxy) is 2. The second-order valence-electron chi connectivity index (χ2n) is 5.12. The predicted molar refractivity (Wildman–Crippen MR) is 73.9 cm³/mol. The van der Waals surface area contributed by atoms with Gasteiger partial charge >= 0.3 is 12.5 Å². The van der Waals surface area contributed by atoms with E-state index in [0.717, 1.165) is 0 Å². The van der Waals surface area contributed by atoms with E-state index in [1.165, 1.54) is 12.1 Å². The van der Waals surface area contributed by atoms with Crippen LogP contribution < -0.4 is 10.1 Å². The van der Waals surface area contributed by atoms with Crippen molar-refractivity contribution in [3.63, 3.8) is 0 Å². The van der Waals surface area contributed by atoms with E-state index in [1.807, 2.05) is 0 Å². The Balaban J connectivity index is 2.81. The molecule has 0 radical (unpaired) electrons. The van der Waals surface area contributed by atoms with E-state index < -0.39 is 18.1 Å². The van der Waals surface area contributed by atoms with Crippen molar-refractivity contribution in [1.29, 1.82) is 0 Å². The first kappa shape index (κ1) is 17.6. The topological polar surface area (TPSA) is 47.6 Å². The summed E-state index contributed by atoms with van der Waals surface area (Å²) in [5.74, 6) is -0.382. The molecule has 0 unspecified atom stereocenters. The summed E-state index contributed by atoms with van der Waals surface area (Å²) in [7, 11) is 0. The van der Waals surface area contributed by atoms with Crippen LogP contribution in [0.15, 0.2) is 22.7 Å². The zero-order valence-corrected chi connectivity index (χ0v) is 13.3. The smallest absolute Gasteiger partial charge is 0.444 e. The number of carbonyl (C=O) groups is 1. The van der Waals surface area contributed by atoms with E-state index in [1.54, 1.807) is 26.8 Å². The molecule has 1 amide bonds. The summed E-state index contributed by atoms with van der Waals surface area (Å²) >= 11 is 3.13. The molecule has 0 aromatic heterocycles. The molecular weight excluding hydrogens is 355 g/mol. The van der Waals surface area contributed by atoms with Crippen LogP contribution >= 0.6 is 15.9 Å². The molecule has 0 heterocycles. The second kappa shape index (κ2) is 6.55. The van der Waals surface area contributed by atoms with E-state index in [2.05, 4.69) is 26.0 Å². The van der Waals surface area contributed by atoms with Gasteiger partial charge in [0.05, 0.1) is 6.54 Å². The van der Waals surface area contributed by atoms with Crippen LogP contribution in [0.3, 0.4) is 0 Å². The van der Waals surface area contributed by atoms with E-state index >= 15 is 0 Å². The number of alkyl carbamates (subject to hydrolysis) is 1. The van der Waals surface area contributed by atoms with E-state index in [4.69, 9.17) is 4.74 Å². The fourth-order valence-corrected chi connectivity index (χ4v) is 1.89. The number of hydrogen-bond donors (Lipinski definition) is 1. The molecule has 4 nitrogen and oxygen atoms in total. The Bertz CT molecular complexity index is 512. The number of halogens is 4. The van der Waals surface area contributed by atoms with Gasteiger partial charge in [-0.1, -0.05) is 22.0 Å². The van der Waals surface area contributed by atoms with Gasteiger partial charge in [-0.3, -0.25) is 0 Å². The molecule has 0 aliphatic carbocycles. The Morgan fingerprint density at radius 2 is 1.90 bits per heavy atom. The maximum atomic E-state index is 12.3. The van der Waals surface area contributed by atoms with E-state index in [0.29, 0.717) is 4.47 Å². The average molecular weight is 370 g/mol. The molecule has 1 aromatic rings. The summed E-state index contributed by atoms with van der Waals surface area (Å²) < 4.78 is 46.3. The van der Waals surface area contributed by atoms with Crippen molar-refractivity contribution in [2.45, 2.75) is 39.3 Å². The summed E-state index contributed by atoms with van der Waals surface area (Å²) in [4.78, 5) is 11.5. The fraction of sp³-hybridized carbons (Fsp3) is 0.462. The standard InChI is InChI=1S/C13H15BrF3NO3/c1-12(2,3)21-11(19)18-7-8-9(14)5-4-6-10(8)20-13(15,16)17/h4-6H,7H2,1-3H3,(H,18,19). The Kier molecular flexibility index (Phi) is 5.49. The number of alkyl halides is 3. The highest BCUT2D eigenvalue weighted by molar-refractivity contribution is 9.10. The van der Waals surface area contributed by atoms with Gasteiger partial charge in [-0.05, 0) is 32.9 Å². The average Bonchev–Trinajstić information content (AvgIpc) is 2.23. The largest absolute Gasteiger partial charge is 0.573 e. The molecule has 0 spiro atoms. The van der Waals surface area contributed by atoms with Crippen molar-refractivity contribution >= 4 is 22.0 Å². The summed E-state index contributed by atoms with van der Waals surface area (Å²) in [6.45, 7) is 4.89. The first-order valence-electron chi connectivity index (χ1n) is 5.98. The number of hydrogen-bond acceptors (Lipinski definition) is 3. The summed E-state index contributed by atoms with van der Waals surface area (Å²) in [6, 6.07) is 4.13. The van der Waals surface area contributed by atoms with Crippen LogP contribution in [0.4, 0.5) is 18.0 Å². The molecular formula is C13H15BrF3NO3. The van der Waals surface area contributed by atoms with Crippen molar-refractivity contribution in [3.05, 3.63) is 28.2 Å². The Labute approximate surface area is 128 Å². The minimum atomic E-state index is -4.80. The van der Waals surface area contributed by atoms with Crippen LogP contribution in [0.2, 0.25) is 0 Å². The van der Waals surface area contributed by atoms with Crippen LogP contribution in [0, 0.1) is 0 Å². The zero-order chi connectivity index (χ0) is 16.3. The molecule has 0 saturated carbocycles. The Hall–Kier alpha value is -1.44. The van der Waals surface area contributed by atoms with Crippen LogP contribution in [0.1, 0.15) is 26.3 Å². The summed E-state index contributed by atoms with van der Waals surface area (Å²) in [6.07, 6.45) is -5.53. The molecule has 0 bridgehead atoms. The fourth-order valence-electron chi connectivity index (χ4n) is 1.41. The van der Waals surface area contributed by atoms with Gasteiger partial charge in [0.2, 0.25) is 0 Å². The predicted octanol–water partition coefficient (Wildman–Crippen LogP) is 4.37. The second-order valence-corrected chi connectivity index (χ2v) is 5.97. The van der Waals surface area contributed by atoms with Gasteiger partial charge in [-0.25, -0.2) is 4.79 Å². The van der Waals surface area contributed by atoms with Crippen molar-refractivity contribution in [2.24, 2.45) is 0 Å². The Morgan fingerprint density at radius 3 is 2.43 bits per heavy atom. The van der Waals surface area contributed by atoms with Crippen molar-refractivity contribution in [1.82, 2.24) is 5.32 Å². The third-order valence-corrected chi connectivity index (χ3v) is 2.85. The van der Waals surface area contributed by atoms with Crippen molar-refractivity contribution in [2.75, 3.05) is 0 Å². The molecule has 21 heavy (non-hydrogen) atoms. The van der Waals surface area contributed by atoms with E-state index in [9.17, 15) is 18.0 Å². The molecule has 1 aromatic carbocycles. The molecule has 0 saturated heterocycles. The van der Waals surface area contributed by atoms with Crippen LogP contribution in [0.5, 0.6) is 5.75 Å². The van der Waals surface area contributed by atoms with Gasteiger partial charge in [-0.15, -0.1) is 13.2 Å². The first-order valence-corrected chi connectivity index (χ1v) is 6.77. The quantitative estimate of drug-likeness (QED) is 0.860. The molecule has 0 fully saturated rings. The van der Waals surface area contributed by atoms with Crippen LogP contribution in [0.25, 0.3) is 0 Å². The number of amides is 1. The lowest BCUT2D eigenvalue weighted by Crippen LogP contribution is -2.32. The molecule has 1 rings (SSSR count). The highest BCUT2D eigenvalue weighted by Gasteiger charge is 2.32. The first-order chi connectivity index (χ1) is 9.48. The van der Waals surface area contributed by atoms with Gasteiger partial charge < -0.3 is 14.8 Å². The lowest BCUT2D eigenvalue weighted by atomic mass is 10.2. The van der Waals surface area contributed by atoms with Crippen molar-refractivity contribution < 1.29 is 27.4 Å². The van der Waals surface area contributed by atoms with Gasteiger partial charge in [0.1, 0.15) is 11.4 Å². The summed E-state index contributed by atoms with van der Waals surface area (Å²) in [5.41, 5.74) is -0.524. The highest BCUT2D eigenvalue weighted by Crippen LogP contribution is 2.31. The van der Waals surface area contributed by atoms with Gasteiger partial charge in [-0.2, -0.15) is 0 Å². The zero-order valence-electron chi connectivity index (χ0n) is 11.7. The van der Waals surface area contributed by atoms with E-state index in [-0.39, 0.29) is 17.9 Å². The normalized spacial score (nSPS) is 12.0. The molecule has 0 aliphatic heterocycles. The monoisotopic (exact) mass is 369 g/mol. The van der Waals surface area contributed by atoms with Gasteiger partial charge in [0.15, 0.2) is 0 Å². The maximum Gasteiger partial charge on any atom is 0.573 e. The lowest BCUT2D eigenvalue weighted by Gasteiger charge is -2.20. The third-order valence-electron chi connectivity index (χ3n) is 2.11. The molecule has 0 aliphatic rings. The SMILES string of the molecule is CC(C)(C)OC(=O)NCc1c(Br)cccc1OC(F)(F)F. The van der Waals surface area contributed by atoms with Crippen LogP contribution in [-0.4, -0.2) is 18.1 Å². The minimum absolute atomic E-state index is 0.165. The third kappa shape index (κ3) is 6.70. The number of nitrogens with one attached hydrogen (secondary N) is 1. The molecule has 1 N–H and O–H groups in total. The number of carbonyl (C=O) groups excluding carboxylic acids is 1. The molecule has 8 heteroatoms. The number of rotatable bonds is 3. The molecule has 118 valence electrons. The number of benzene rings is 1. The lowest BCUT2D eigenvalue weighted by molar-refractivity contribution is -0.274. The molecule has 0 atom stereocenters. The van der Waals surface area contributed by atoms with Gasteiger partial charge in [0.25, 0.3) is 0 Å². The maximum absolute atomic E-state index is 12.3. The van der Waals surface area contributed by atoms with Crippen LogP contribution in [-0.2, 0) is 11.3 Å². The minimum Gasteiger partial charge on any atom is -0.444 e. The van der Waals surface area contributed by atoms with Gasteiger partial charge in [0, 0.05) is 10.0 Å². The van der Waals surface area contributed by atoms with Crippen molar-refractivity contribution in [3.8, 4) is 5.75 Å².